The van der Waals surface area contributed by atoms with Crippen molar-refractivity contribution in [3.63, 3.8) is 0 Å². The van der Waals surface area contributed by atoms with Gasteiger partial charge in [-0.15, -0.1) is 0 Å². The number of hydrogen-bond acceptors (Lipinski definition) is 5. The van der Waals surface area contributed by atoms with Gasteiger partial charge in [-0.25, -0.2) is 14.6 Å². The van der Waals surface area contributed by atoms with Crippen molar-refractivity contribution in [2.24, 2.45) is 7.05 Å². The third-order valence-electron chi connectivity index (χ3n) is 6.10. The lowest BCUT2D eigenvalue weighted by atomic mass is 10.0. The Hall–Kier alpha value is -4.78. The molecule has 0 aliphatic carbocycles. The van der Waals surface area contributed by atoms with Crippen LogP contribution in [0, 0.1) is 0 Å². The second-order valence-corrected chi connectivity index (χ2v) is 8.19. The number of hydrogen-bond donors (Lipinski definition) is 0. The van der Waals surface area contributed by atoms with Crippen LogP contribution in [0.5, 0.6) is 5.88 Å². The standard InChI is InChI=1S/C28H21N5O2/c1-32-23-15-9-8-14-21(23)25(26(32)19-10-4-2-5-11-19)24(34)17-35-28-22-16-31-33(27(22)29-18-30-28)20-12-6-3-7-13-20/h2-16,18H,17H2,1H3. The highest BCUT2D eigenvalue weighted by Gasteiger charge is 2.23. The van der Waals surface area contributed by atoms with Gasteiger partial charge >= 0.3 is 0 Å². The summed E-state index contributed by atoms with van der Waals surface area (Å²) < 4.78 is 9.76. The molecule has 3 heterocycles. The number of Topliss-reactive ketones (excluding diaryl/α,β-unsaturated/α-hetero) is 1. The highest BCUT2D eigenvalue weighted by molar-refractivity contribution is 6.14. The van der Waals surface area contributed by atoms with Crippen LogP contribution in [0.15, 0.2) is 97.5 Å². The highest BCUT2D eigenvalue weighted by atomic mass is 16.5. The van der Waals surface area contributed by atoms with Gasteiger partial charge in [-0.3, -0.25) is 4.79 Å². The third-order valence-corrected chi connectivity index (χ3v) is 6.10. The molecule has 7 nitrogen and oxygen atoms in total. The molecule has 7 heteroatoms. The van der Waals surface area contributed by atoms with E-state index in [1.54, 1.807) is 10.9 Å². The van der Waals surface area contributed by atoms with E-state index in [-0.39, 0.29) is 12.4 Å². The van der Waals surface area contributed by atoms with Crippen molar-refractivity contribution >= 4 is 27.7 Å². The minimum atomic E-state index is -0.156. The van der Waals surface area contributed by atoms with Crippen molar-refractivity contribution < 1.29 is 9.53 Å². The number of aryl methyl sites for hydroxylation is 1. The van der Waals surface area contributed by atoms with Crippen LogP contribution >= 0.6 is 0 Å². The molecule has 0 aliphatic rings. The number of ketones is 1. The monoisotopic (exact) mass is 459 g/mol. The van der Waals surface area contributed by atoms with Crippen molar-refractivity contribution in [2.75, 3.05) is 6.61 Å². The number of para-hydroxylation sites is 2. The molecule has 35 heavy (non-hydrogen) atoms. The van der Waals surface area contributed by atoms with Crippen LogP contribution in [0.2, 0.25) is 0 Å². The van der Waals surface area contributed by atoms with E-state index in [4.69, 9.17) is 4.74 Å². The fraction of sp³-hybridized carbons (Fsp3) is 0.0714. The molecular weight excluding hydrogens is 438 g/mol. The van der Waals surface area contributed by atoms with Crippen molar-refractivity contribution in [1.29, 1.82) is 0 Å². The second kappa shape index (κ2) is 8.53. The van der Waals surface area contributed by atoms with E-state index >= 15 is 0 Å². The zero-order valence-electron chi connectivity index (χ0n) is 19.0. The number of fused-ring (bicyclic) bond motifs is 2. The predicted molar refractivity (Wildman–Crippen MR) is 135 cm³/mol. The zero-order valence-corrected chi connectivity index (χ0v) is 19.0. The van der Waals surface area contributed by atoms with E-state index in [0.29, 0.717) is 22.5 Å². The van der Waals surface area contributed by atoms with Crippen molar-refractivity contribution in [2.45, 2.75) is 0 Å². The molecule has 0 unspecified atom stereocenters. The summed E-state index contributed by atoms with van der Waals surface area (Å²) in [5, 5.41) is 5.99. The maximum atomic E-state index is 13.6. The summed E-state index contributed by atoms with van der Waals surface area (Å²) in [6.07, 6.45) is 3.09. The normalized spacial score (nSPS) is 11.2. The molecule has 0 saturated heterocycles. The first-order valence-electron chi connectivity index (χ1n) is 11.3. The van der Waals surface area contributed by atoms with E-state index in [1.807, 2.05) is 92.0 Å². The smallest absolute Gasteiger partial charge is 0.228 e. The first-order chi connectivity index (χ1) is 17.2. The van der Waals surface area contributed by atoms with Crippen LogP contribution in [-0.2, 0) is 7.05 Å². The molecular formula is C28H21N5O2. The Kier molecular flexibility index (Phi) is 5.07. The van der Waals surface area contributed by atoms with Gasteiger partial charge in [0.05, 0.1) is 23.1 Å². The largest absolute Gasteiger partial charge is 0.469 e. The van der Waals surface area contributed by atoms with Gasteiger partial charge in [0.25, 0.3) is 0 Å². The summed E-state index contributed by atoms with van der Waals surface area (Å²) in [4.78, 5) is 22.3. The lowest BCUT2D eigenvalue weighted by Crippen LogP contribution is -2.13. The van der Waals surface area contributed by atoms with Gasteiger partial charge in [0.15, 0.2) is 12.3 Å². The Balaban J connectivity index is 1.37. The number of carbonyl (C=O) groups excluding carboxylic acids is 1. The Labute approximate surface area is 201 Å². The molecule has 170 valence electrons. The van der Waals surface area contributed by atoms with Gasteiger partial charge in [-0.1, -0.05) is 66.7 Å². The molecule has 6 rings (SSSR count). The summed E-state index contributed by atoms with van der Waals surface area (Å²) in [6.45, 7) is -0.156. The number of benzene rings is 3. The molecule has 0 saturated carbocycles. The summed E-state index contributed by atoms with van der Waals surface area (Å²) in [5.74, 6) is 0.204. The lowest BCUT2D eigenvalue weighted by Gasteiger charge is -2.09. The third kappa shape index (κ3) is 3.54. The van der Waals surface area contributed by atoms with Gasteiger partial charge < -0.3 is 9.30 Å². The van der Waals surface area contributed by atoms with E-state index in [1.165, 1.54) is 6.33 Å². The molecule has 0 spiro atoms. The van der Waals surface area contributed by atoms with E-state index in [0.717, 1.165) is 27.8 Å². The Bertz CT molecular complexity index is 1670. The van der Waals surface area contributed by atoms with Crippen LogP contribution in [0.1, 0.15) is 10.4 Å². The van der Waals surface area contributed by atoms with Crippen molar-refractivity contribution in [1.82, 2.24) is 24.3 Å². The second-order valence-electron chi connectivity index (χ2n) is 8.19. The minimum Gasteiger partial charge on any atom is -0.469 e. The summed E-state index contributed by atoms with van der Waals surface area (Å²) in [5.41, 5.74) is 4.96. The van der Waals surface area contributed by atoms with Gasteiger partial charge in [-0.05, 0) is 23.8 Å². The molecule has 0 fully saturated rings. The van der Waals surface area contributed by atoms with Crippen LogP contribution in [0.3, 0.4) is 0 Å². The Morgan fingerprint density at radius 3 is 2.37 bits per heavy atom. The summed E-state index contributed by atoms with van der Waals surface area (Å²) in [7, 11) is 1.98. The van der Waals surface area contributed by atoms with Gasteiger partial charge in [-0.2, -0.15) is 5.10 Å². The predicted octanol–water partition coefficient (Wildman–Crippen LogP) is 5.24. The minimum absolute atomic E-state index is 0.122. The average molecular weight is 460 g/mol. The quantitative estimate of drug-likeness (QED) is 0.319. The molecule has 0 N–H and O–H groups in total. The number of carbonyl (C=O) groups is 1. The highest BCUT2D eigenvalue weighted by Crippen LogP contribution is 2.33. The van der Waals surface area contributed by atoms with E-state index in [2.05, 4.69) is 19.6 Å². The topological polar surface area (TPSA) is 74.8 Å². The van der Waals surface area contributed by atoms with Gasteiger partial charge in [0.2, 0.25) is 11.7 Å². The Morgan fingerprint density at radius 2 is 1.57 bits per heavy atom. The lowest BCUT2D eigenvalue weighted by molar-refractivity contribution is 0.0921. The van der Waals surface area contributed by atoms with E-state index in [9.17, 15) is 4.79 Å². The van der Waals surface area contributed by atoms with Gasteiger partial charge in [0.1, 0.15) is 11.7 Å². The molecule has 0 amide bonds. The maximum Gasteiger partial charge on any atom is 0.228 e. The first-order valence-corrected chi connectivity index (χ1v) is 11.3. The summed E-state index contributed by atoms with van der Waals surface area (Å²) in [6, 6.07) is 27.6. The van der Waals surface area contributed by atoms with Crippen LogP contribution in [0.25, 0.3) is 38.9 Å². The Morgan fingerprint density at radius 1 is 0.857 bits per heavy atom. The fourth-order valence-corrected chi connectivity index (χ4v) is 4.51. The van der Waals surface area contributed by atoms with Crippen LogP contribution in [0.4, 0.5) is 0 Å². The number of nitrogens with zero attached hydrogens (tertiary/aromatic N) is 5. The molecule has 0 radical (unpaired) electrons. The average Bonchev–Trinajstić information content (AvgIpc) is 3.48. The molecule has 0 atom stereocenters. The van der Waals surface area contributed by atoms with Crippen molar-refractivity contribution in [3.8, 4) is 22.8 Å². The molecule has 3 aromatic carbocycles. The maximum absolute atomic E-state index is 13.6. The van der Waals surface area contributed by atoms with Crippen LogP contribution in [-0.4, -0.2) is 36.7 Å². The van der Waals surface area contributed by atoms with Gasteiger partial charge in [0, 0.05) is 18.0 Å². The SMILES string of the molecule is Cn1c(-c2ccccc2)c(C(=O)COc2ncnc3c2cnn3-c2ccccc2)c2ccccc21. The molecule has 6 aromatic rings. The number of ether oxygens (including phenoxy) is 1. The number of rotatable bonds is 6. The van der Waals surface area contributed by atoms with Crippen molar-refractivity contribution in [3.05, 3.63) is 103 Å². The van der Waals surface area contributed by atoms with E-state index < -0.39 is 0 Å². The molecule has 0 bridgehead atoms. The first kappa shape index (κ1) is 20.8. The number of aromatic nitrogens is 5. The molecule has 3 aromatic heterocycles. The molecule has 0 aliphatic heterocycles. The summed E-state index contributed by atoms with van der Waals surface area (Å²) >= 11 is 0. The fourth-order valence-electron chi connectivity index (χ4n) is 4.51. The van der Waals surface area contributed by atoms with Crippen LogP contribution < -0.4 is 4.74 Å². The zero-order chi connectivity index (χ0) is 23.8.